The van der Waals surface area contributed by atoms with E-state index in [1.165, 1.54) is 148 Å². The summed E-state index contributed by atoms with van der Waals surface area (Å²) < 4.78 is 16.7. The van der Waals surface area contributed by atoms with Crippen LogP contribution in [0.5, 0.6) is 0 Å². The summed E-state index contributed by atoms with van der Waals surface area (Å²) in [4.78, 5) is 25.1. The van der Waals surface area contributed by atoms with Crippen molar-refractivity contribution in [2.75, 3.05) is 19.8 Å². The molecule has 0 aliphatic carbocycles. The quantitative estimate of drug-likeness (QED) is 0.0196. The van der Waals surface area contributed by atoms with E-state index in [9.17, 15) is 35.1 Å². The molecular weight excluding hydrogens is 871 g/mol. The summed E-state index contributed by atoms with van der Waals surface area (Å²) in [6.07, 6.45) is 47.9. The SMILES string of the molecule is CCCCCCC/C=C/CC/C=C/CC/C=C/C(O)C(COC1OC(CO)C(O)C(O)C1O)NC(=O)CCCCCCCCCCCCCCCCCOC(=O)CCCCCCCCCCCCC. The molecule has 0 aromatic carbocycles. The molecule has 69 heavy (non-hydrogen) atoms. The first-order valence-electron chi connectivity index (χ1n) is 28.8. The number of aliphatic hydroxyl groups is 5. The number of carbonyl (C=O) groups is 2. The van der Waals surface area contributed by atoms with Crippen LogP contribution in [0.2, 0.25) is 0 Å². The van der Waals surface area contributed by atoms with Crippen LogP contribution in [0.1, 0.15) is 258 Å². The molecule has 0 aromatic heterocycles. The molecule has 404 valence electrons. The summed E-state index contributed by atoms with van der Waals surface area (Å²) in [5.41, 5.74) is 0. The molecule has 7 unspecified atom stereocenters. The largest absolute Gasteiger partial charge is 0.466 e. The van der Waals surface area contributed by atoms with Crippen LogP contribution in [0.4, 0.5) is 0 Å². The Morgan fingerprint density at radius 1 is 0.522 bits per heavy atom. The summed E-state index contributed by atoms with van der Waals surface area (Å²) >= 11 is 0. The predicted molar refractivity (Wildman–Crippen MR) is 283 cm³/mol. The predicted octanol–water partition coefficient (Wildman–Crippen LogP) is 12.7. The van der Waals surface area contributed by atoms with Gasteiger partial charge in [-0.2, -0.15) is 0 Å². The molecule has 11 heteroatoms. The third kappa shape index (κ3) is 38.2. The Morgan fingerprint density at radius 3 is 1.43 bits per heavy atom. The molecule has 0 saturated carbocycles. The minimum absolute atomic E-state index is 0.0204. The van der Waals surface area contributed by atoms with E-state index in [0.29, 0.717) is 19.4 Å². The molecule has 1 aliphatic rings. The number of hydrogen-bond acceptors (Lipinski definition) is 10. The lowest BCUT2D eigenvalue weighted by molar-refractivity contribution is -0.302. The van der Waals surface area contributed by atoms with E-state index in [2.05, 4.69) is 43.5 Å². The van der Waals surface area contributed by atoms with Crippen LogP contribution in [-0.4, -0.2) is 100 Å². The molecule has 0 spiro atoms. The highest BCUT2D eigenvalue weighted by atomic mass is 16.7. The average molecular weight is 978 g/mol. The number of amides is 1. The molecular formula is C58H107NO10. The molecule has 1 saturated heterocycles. The number of carbonyl (C=O) groups excluding carboxylic acids is 2. The fourth-order valence-corrected chi connectivity index (χ4v) is 8.88. The Hall–Kier alpha value is -2.12. The number of aliphatic hydroxyl groups excluding tert-OH is 5. The lowest BCUT2D eigenvalue weighted by Gasteiger charge is -2.40. The van der Waals surface area contributed by atoms with Gasteiger partial charge in [-0.3, -0.25) is 9.59 Å². The van der Waals surface area contributed by atoms with Crippen molar-refractivity contribution in [3.8, 4) is 0 Å². The maximum absolute atomic E-state index is 13.0. The van der Waals surface area contributed by atoms with Gasteiger partial charge in [-0.05, 0) is 57.8 Å². The van der Waals surface area contributed by atoms with Crippen LogP contribution in [0.15, 0.2) is 36.5 Å². The number of ether oxygens (including phenoxy) is 3. The van der Waals surface area contributed by atoms with Crippen LogP contribution in [0, 0.1) is 0 Å². The van der Waals surface area contributed by atoms with Crippen molar-refractivity contribution in [1.82, 2.24) is 5.32 Å². The van der Waals surface area contributed by atoms with Gasteiger partial charge >= 0.3 is 5.97 Å². The minimum atomic E-state index is -1.58. The number of allylic oxidation sites excluding steroid dienone is 5. The topological polar surface area (TPSA) is 175 Å². The second kappa shape index (κ2) is 48.2. The molecule has 1 heterocycles. The van der Waals surface area contributed by atoms with Crippen molar-refractivity contribution in [2.45, 2.75) is 301 Å². The van der Waals surface area contributed by atoms with Crippen molar-refractivity contribution in [3.63, 3.8) is 0 Å². The van der Waals surface area contributed by atoms with Gasteiger partial charge in [0.2, 0.25) is 5.91 Å². The van der Waals surface area contributed by atoms with Crippen molar-refractivity contribution in [1.29, 1.82) is 0 Å². The maximum Gasteiger partial charge on any atom is 0.305 e. The first-order chi connectivity index (χ1) is 33.7. The Bertz CT molecular complexity index is 1240. The average Bonchev–Trinajstić information content (AvgIpc) is 3.34. The Balaban J connectivity index is 2.18. The monoisotopic (exact) mass is 978 g/mol. The third-order valence-corrected chi connectivity index (χ3v) is 13.5. The van der Waals surface area contributed by atoms with Gasteiger partial charge in [0, 0.05) is 12.8 Å². The van der Waals surface area contributed by atoms with Crippen LogP contribution in [0.25, 0.3) is 0 Å². The number of hydrogen-bond donors (Lipinski definition) is 6. The third-order valence-electron chi connectivity index (χ3n) is 13.5. The van der Waals surface area contributed by atoms with Crippen LogP contribution < -0.4 is 5.32 Å². The zero-order chi connectivity index (χ0) is 50.3. The standard InChI is InChI=1S/C58H107NO10/c1-3-5-7-9-11-13-15-16-18-21-25-28-32-36-40-44-51(61)50(49-68-58-57(66)56(65)55(64)52(48-60)69-58)59-53(62)45-41-37-33-29-26-22-19-17-20-23-27-31-35-39-43-47-67-54(63)46-42-38-34-30-24-14-12-10-8-6-4-2/h15-16,25,28,40,44,50-52,55-58,60-61,64-66H,3-14,17-24,26-27,29-39,41-43,45-49H2,1-2H3,(H,59,62)/b16-15+,28-25+,44-40+. The van der Waals surface area contributed by atoms with Gasteiger partial charge in [-0.15, -0.1) is 0 Å². The Morgan fingerprint density at radius 2 is 0.942 bits per heavy atom. The Kier molecular flexibility index (Phi) is 45.3. The van der Waals surface area contributed by atoms with Gasteiger partial charge in [0.15, 0.2) is 6.29 Å². The van der Waals surface area contributed by atoms with Gasteiger partial charge in [0.25, 0.3) is 0 Å². The van der Waals surface area contributed by atoms with Crippen LogP contribution in [-0.2, 0) is 23.8 Å². The van der Waals surface area contributed by atoms with Crippen molar-refractivity contribution < 1.29 is 49.3 Å². The van der Waals surface area contributed by atoms with E-state index < -0.39 is 49.5 Å². The molecule has 1 aliphatic heterocycles. The first-order valence-corrected chi connectivity index (χ1v) is 28.8. The molecule has 0 aromatic rings. The molecule has 7 atom stereocenters. The van der Waals surface area contributed by atoms with Crippen LogP contribution in [0.3, 0.4) is 0 Å². The van der Waals surface area contributed by atoms with E-state index in [-0.39, 0.29) is 18.5 Å². The van der Waals surface area contributed by atoms with E-state index >= 15 is 0 Å². The van der Waals surface area contributed by atoms with Gasteiger partial charge in [0.1, 0.15) is 24.4 Å². The normalized spacial score (nSPS) is 19.6. The molecule has 1 rings (SSSR count). The van der Waals surface area contributed by atoms with Crippen LogP contribution >= 0.6 is 0 Å². The zero-order valence-corrected chi connectivity index (χ0v) is 44.3. The van der Waals surface area contributed by atoms with Gasteiger partial charge < -0.3 is 45.1 Å². The van der Waals surface area contributed by atoms with E-state index in [1.54, 1.807) is 6.08 Å². The second-order valence-electron chi connectivity index (χ2n) is 20.0. The number of nitrogens with one attached hydrogen (secondary N) is 1. The second-order valence-corrected chi connectivity index (χ2v) is 20.0. The fourth-order valence-electron chi connectivity index (χ4n) is 8.88. The summed E-state index contributed by atoms with van der Waals surface area (Å²) in [7, 11) is 0. The summed E-state index contributed by atoms with van der Waals surface area (Å²) in [6, 6.07) is -0.841. The van der Waals surface area contributed by atoms with Crippen molar-refractivity contribution in [3.05, 3.63) is 36.5 Å². The molecule has 6 N–H and O–H groups in total. The molecule has 1 amide bonds. The highest BCUT2D eigenvalue weighted by Gasteiger charge is 2.44. The van der Waals surface area contributed by atoms with Gasteiger partial charge in [-0.1, -0.05) is 224 Å². The van der Waals surface area contributed by atoms with Gasteiger partial charge in [-0.25, -0.2) is 0 Å². The van der Waals surface area contributed by atoms with E-state index in [0.717, 1.165) is 83.5 Å². The summed E-state index contributed by atoms with van der Waals surface area (Å²) in [5.74, 6) is -0.225. The van der Waals surface area contributed by atoms with Gasteiger partial charge in [0.05, 0.1) is 32.0 Å². The first kappa shape index (κ1) is 64.9. The van der Waals surface area contributed by atoms with E-state index in [4.69, 9.17) is 14.2 Å². The maximum atomic E-state index is 13.0. The number of unbranched alkanes of at least 4 members (excludes halogenated alkanes) is 31. The summed E-state index contributed by atoms with van der Waals surface area (Å²) in [6.45, 7) is 4.28. The Labute approximate surface area is 422 Å². The molecule has 1 fully saturated rings. The molecule has 11 nitrogen and oxygen atoms in total. The highest BCUT2D eigenvalue weighted by Crippen LogP contribution is 2.23. The highest BCUT2D eigenvalue weighted by molar-refractivity contribution is 5.76. The number of esters is 1. The zero-order valence-electron chi connectivity index (χ0n) is 44.3. The molecule has 0 bridgehead atoms. The molecule has 0 radical (unpaired) electrons. The lowest BCUT2D eigenvalue weighted by Crippen LogP contribution is -2.60. The van der Waals surface area contributed by atoms with Crippen molar-refractivity contribution >= 4 is 11.9 Å². The minimum Gasteiger partial charge on any atom is -0.466 e. The number of rotatable bonds is 49. The van der Waals surface area contributed by atoms with Crippen molar-refractivity contribution in [2.24, 2.45) is 0 Å². The lowest BCUT2D eigenvalue weighted by atomic mass is 9.99. The fraction of sp³-hybridized carbons (Fsp3) is 0.862. The smallest absolute Gasteiger partial charge is 0.305 e. The van der Waals surface area contributed by atoms with E-state index in [1.807, 2.05) is 6.08 Å². The summed E-state index contributed by atoms with van der Waals surface area (Å²) in [5, 5.41) is 54.3.